The zero-order chi connectivity index (χ0) is 16.2. The molecule has 0 aliphatic carbocycles. The van der Waals surface area contributed by atoms with Crippen LogP contribution < -0.4 is 5.32 Å². The van der Waals surface area contributed by atoms with Crippen molar-refractivity contribution in [2.24, 2.45) is 0 Å². The Kier molecular flexibility index (Phi) is 4.76. The summed E-state index contributed by atoms with van der Waals surface area (Å²) in [6.07, 6.45) is 3.25. The molecule has 0 saturated carbocycles. The summed E-state index contributed by atoms with van der Waals surface area (Å²) in [5.41, 5.74) is 1.57. The molecular formula is C18H21FN2O2. The molecular weight excluding hydrogens is 295 g/mol. The SMILES string of the molecule is Cc1ccoc1C(=O)NC1CCN(Cc2ccccc2F)CC1. The van der Waals surface area contributed by atoms with Crippen LogP contribution in [0.1, 0.15) is 34.5 Å². The number of amides is 1. The summed E-state index contributed by atoms with van der Waals surface area (Å²) < 4.78 is 18.9. The largest absolute Gasteiger partial charge is 0.459 e. The van der Waals surface area contributed by atoms with Gasteiger partial charge in [-0.2, -0.15) is 0 Å². The molecule has 1 saturated heterocycles. The molecule has 1 fully saturated rings. The Labute approximate surface area is 135 Å². The van der Waals surface area contributed by atoms with Crippen molar-refractivity contribution in [3.8, 4) is 0 Å². The summed E-state index contributed by atoms with van der Waals surface area (Å²) in [6.45, 7) is 4.16. The minimum absolute atomic E-state index is 0.142. The maximum Gasteiger partial charge on any atom is 0.287 e. The molecule has 1 amide bonds. The predicted molar refractivity (Wildman–Crippen MR) is 85.6 cm³/mol. The van der Waals surface area contributed by atoms with Crippen LogP contribution in [0.4, 0.5) is 4.39 Å². The molecule has 0 radical (unpaired) electrons. The first-order valence-corrected chi connectivity index (χ1v) is 7.94. The highest BCUT2D eigenvalue weighted by Crippen LogP contribution is 2.17. The van der Waals surface area contributed by atoms with Gasteiger partial charge in [0.15, 0.2) is 5.76 Å². The van der Waals surface area contributed by atoms with Gasteiger partial charge >= 0.3 is 0 Å². The van der Waals surface area contributed by atoms with Crippen molar-refractivity contribution in [3.05, 3.63) is 59.3 Å². The molecule has 0 bridgehead atoms. The van der Waals surface area contributed by atoms with Gasteiger partial charge in [0.1, 0.15) is 5.82 Å². The van der Waals surface area contributed by atoms with E-state index in [2.05, 4.69) is 10.2 Å². The van der Waals surface area contributed by atoms with Gasteiger partial charge in [-0.1, -0.05) is 18.2 Å². The van der Waals surface area contributed by atoms with E-state index >= 15 is 0 Å². The summed E-state index contributed by atoms with van der Waals surface area (Å²) in [5.74, 6) is 0.0788. The van der Waals surface area contributed by atoms with Crippen molar-refractivity contribution in [2.75, 3.05) is 13.1 Å². The topological polar surface area (TPSA) is 45.5 Å². The average Bonchev–Trinajstić information content (AvgIpc) is 2.98. The molecule has 1 aliphatic rings. The number of hydrogen-bond donors (Lipinski definition) is 1. The maximum atomic E-state index is 13.7. The quantitative estimate of drug-likeness (QED) is 0.942. The normalized spacial score (nSPS) is 16.4. The molecule has 1 aromatic heterocycles. The molecule has 122 valence electrons. The second kappa shape index (κ2) is 6.96. The first-order valence-electron chi connectivity index (χ1n) is 7.94. The van der Waals surface area contributed by atoms with Gasteiger partial charge in [0.05, 0.1) is 6.26 Å². The van der Waals surface area contributed by atoms with Gasteiger partial charge in [-0.3, -0.25) is 9.69 Å². The van der Waals surface area contributed by atoms with Gasteiger partial charge in [-0.15, -0.1) is 0 Å². The number of carbonyl (C=O) groups is 1. The van der Waals surface area contributed by atoms with Gasteiger partial charge in [0.2, 0.25) is 0 Å². The predicted octanol–water partition coefficient (Wildman–Crippen LogP) is 3.12. The molecule has 1 aliphatic heterocycles. The van der Waals surface area contributed by atoms with Crippen LogP contribution in [0.2, 0.25) is 0 Å². The fourth-order valence-corrected chi connectivity index (χ4v) is 2.96. The Balaban J connectivity index is 1.50. The van der Waals surface area contributed by atoms with Crippen LogP contribution in [-0.2, 0) is 6.54 Å². The first kappa shape index (κ1) is 15.7. The van der Waals surface area contributed by atoms with E-state index in [-0.39, 0.29) is 17.8 Å². The van der Waals surface area contributed by atoms with Crippen LogP contribution in [0, 0.1) is 12.7 Å². The summed E-state index contributed by atoms with van der Waals surface area (Å²) in [6, 6.07) is 8.81. The lowest BCUT2D eigenvalue weighted by Gasteiger charge is -2.32. The standard InChI is InChI=1S/C18H21FN2O2/c1-13-8-11-23-17(13)18(22)20-15-6-9-21(10-7-15)12-14-4-2-3-5-16(14)19/h2-5,8,11,15H,6-7,9-10,12H2,1H3,(H,20,22). The lowest BCUT2D eigenvalue weighted by Crippen LogP contribution is -2.44. The lowest BCUT2D eigenvalue weighted by atomic mass is 10.0. The van der Waals surface area contributed by atoms with E-state index < -0.39 is 0 Å². The van der Waals surface area contributed by atoms with Crippen molar-refractivity contribution < 1.29 is 13.6 Å². The number of halogens is 1. The fourth-order valence-electron chi connectivity index (χ4n) is 2.96. The summed E-state index contributed by atoms with van der Waals surface area (Å²) >= 11 is 0. The van der Waals surface area contributed by atoms with Gasteiger partial charge in [0, 0.05) is 36.8 Å². The number of nitrogens with zero attached hydrogens (tertiary/aromatic N) is 1. The monoisotopic (exact) mass is 316 g/mol. The Bertz CT molecular complexity index is 675. The van der Waals surface area contributed by atoms with Crippen LogP contribution in [-0.4, -0.2) is 29.9 Å². The third-order valence-electron chi connectivity index (χ3n) is 4.34. The molecule has 4 nitrogen and oxygen atoms in total. The third kappa shape index (κ3) is 3.79. The number of carbonyl (C=O) groups excluding carboxylic acids is 1. The minimum Gasteiger partial charge on any atom is -0.459 e. The summed E-state index contributed by atoms with van der Waals surface area (Å²) in [4.78, 5) is 14.4. The number of hydrogen-bond acceptors (Lipinski definition) is 3. The average molecular weight is 316 g/mol. The Hall–Kier alpha value is -2.14. The van der Waals surface area contributed by atoms with Gasteiger partial charge in [-0.25, -0.2) is 4.39 Å². The van der Waals surface area contributed by atoms with E-state index in [9.17, 15) is 9.18 Å². The Morgan fingerprint density at radius 1 is 1.30 bits per heavy atom. The molecule has 1 N–H and O–H groups in total. The Morgan fingerprint density at radius 2 is 2.04 bits per heavy atom. The molecule has 5 heteroatoms. The third-order valence-corrected chi connectivity index (χ3v) is 4.34. The Morgan fingerprint density at radius 3 is 2.70 bits per heavy atom. The molecule has 0 atom stereocenters. The van der Waals surface area contributed by atoms with Crippen LogP contribution in [0.25, 0.3) is 0 Å². The number of nitrogens with one attached hydrogen (secondary N) is 1. The van der Waals surface area contributed by atoms with E-state index in [1.165, 1.54) is 12.3 Å². The number of aryl methyl sites for hydroxylation is 1. The fraction of sp³-hybridized carbons (Fsp3) is 0.389. The minimum atomic E-state index is -0.156. The highest BCUT2D eigenvalue weighted by atomic mass is 19.1. The van der Waals surface area contributed by atoms with Gasteiger partial charge in [0.25, 0.3) is 5.91 Å². The summed E-state index contributed by atoms with van der Waals surface area (Å²) in [7, 11) is 0. The second-order valence-corrected chi connectivity index (χ2v) is 6.05. The molecule has 2 heterocycles. The van der Waals surface area contributed by atoms with Crippen LogP contribution >= 0.6 is 0 Å². The maximum absolute atomic E-state index is 13.7. The smallest absolute Gasteiger partial charge is 0.287 e. The van der Waals surface area contributed by atoms with Crippen molar-refractivity contribution in [1.29, 1.82) is 0 Å². The van der Waals surface area contributed by atoms with Crippen molar-refractivity contribution in [3.63, 3.8) is 0 Å². The summed E-state index contributed by atoms with van der Waals surface area (Å²) in [5, 5.41) is 3.02. The molecule has 0 spiro atoms. The highest BCUT2D eigenvalue weighted by molar-refractivity contribution is 5.92. The van der Waals surface area contributed by atoms with E-state index in [4.69, 9.17) is 4.42 Å². The highest BCUT2D eigenvalue weighted by Gasteiger charge is 2.23. The van der Waals surface area contributed by atoms with E-state index in [0.29, 0.717) is 12.3 Å². The molecule has 0 unspecified atom stereocenters. The number of furan rings is 1. The number of piperidine rings is 1. The molecule has 23 heavy (non-hydrogen) atoms. The van der Waals surface area contributed by atoms with Crippen molar-refractivity contribution >= 4 is 5.91 Å². The number of rotatable bonds is 4. The number of benzene rings is 1. The van der Waals surface area contributed by atoms with E-state index in [1.807, 2.05) is 19.1 Å². The van der Waals surface area contributed by atoms with E-state index in [0.717, 1.165) is 37.1 Å². The van der Waals surface area contributed by atoms with Gasteiger partial charge in [-0.05, 0) is 31.9 Å². The first-order chi connectivity index (χ1) is 11.1. The van der Waals surface area contributed by atoms with Crippen LogP contribution in [0.3, 0.4) is 0 Å². The molecule has 2 aromatic rings. The van der Waals surface area contributed by atoms with Crippen molar-refractivity contribution in [1.82, 2.24) is 10.2 Å². The zero-order valence-electron chi connectivity index (χ0n) is 13.2. The van der Waals surface area contributed by atoms with Crippen molar-refractivity contribution in [2.45, 2.75) is 32.4 Å². The number of likely N-dealkylation sites (tertiary alicyclic amines) is 1. The van der Waals surface area contributed by atoms with Gasteiger partial charge < -0.3 is 9.73 Å². The molecule has 1 aromatic carbocycles. The van der Waals surface area contributed by atoms with Crippen LogP contribution in [0.5, 0.6) is 0 Å². The second-order valence-electron chi connectivity index (χ2n) is 6.05. The van der Waals surface area contributed by atoms with Crippen LogP contribution in [0.15, 0.2) is 41.0 Å². The van der Waals surface area contributed by atoms with E-state index in [1.54, 1.807) is 12.1 Å². The zero-order valence-corrected chi connectivity index (χ0v) is 13.2. The lowest BCUT2D eigenvalue weighted by molar-refractivity contribution is 0.0880. The molecule has 3 rings (SSSR count).